The second-order valence-corrected chi connectivity index (χ2v) is 3.93. The Bertz CT molecular complexity index is 146. The lowest BCUT2D eigenvalue weighted by Crippen LogP contribution is -2.37. The molecule has 2 nitrogen and oxygen atoms in total. The largest absolute Gasteiger partial charge is 0.501 e. The van der Waals surface area contributed by atoms with Gasteiger partial charge in [0.05, 0.1) is 12.9 Å². The number of hydrogen-bond acceptors (Lipinski definition) is 2. The Labute approximate surface area is 87.9 Å². The number of rotatable bonds is 4. The van der Waals surface area contributed by atoms with E-state index in [2.05, 4.69) is 11.8 Å². The van der Waals surface area contributed by atoms with Crippen molar-refractivity contribution in [2.75, 3.05) is 26.2 Å². The van der Waals surface area contributed by atoms with Crippen LogP contribution in [0.25, 0.3) is 0 Å². The lowest BCUT2D eigenvalue weighted by atomic mass is 10.2. The van der Waals surface area contributed by atoms with Crippen molar-refractivity contribution in [3.63, 3.8) is 0 Å². The van der Waals surface area contributed by atoms with Gasteiger partial charge in [-0.3, -0.25) is 0 Å². The number of likely N-dealkylation sites (tertiary alicyclic amines) is 1. The first-order valence-electron chi connectivity index (χ1n) is 5.92. The van der Waals surface area contributed by atoms with E-state index in [0.717, 1.165) is 13.0 Å². The Morgan fingerprint density at radius 1 is 1.29 bits per heavy atom. The minimum absolute atomic E-state index is 0.889. The quantitative estimate of drug-likeness (QED) is 0.643. The topological polar surface area (TPSA) is 12.5 Å². The fraction of sp³-hybridized carbons (Fsp3) is 0.833. The van der Waals surface area contributed by atoms with E-state index in [1.807, 2.05) is 6.08 Å². The summed E-state index contributed by atoms with van der Waals surface area (Å²) in [5, 5.41) is 0. The number of unbranched alkanes of at least 4 members (excludes halogenated alkanes) is 2. The number of hydrogen-bond donors (Lipinski definition) is 0. The van der Waals surface area contributed by atoms with E-state index < -0.39 is 0 Å². The van der Waals surface area contributed by atoms with Gasteiger partial charge in [0.2, 0.25) is 0 Å². The van der Waals surface area contributed by atoms with E-state index in [0.29, 0.717) is 0 Å². The highest BCUT2D eigenvalue weighted by Gasteiger charge is 2.11. The monoisotopic (exact) mass is 197 g/mol. The van der Waals surface area contributed by atoms with E-state index in [4.69, 9.17) is 4.74 Å². The summed E-state index contributed by atoms with van der Waals surface area (Å²) in [4.78, 5) is 2.54. The minimum atomic E-state index is 0.889. The van der Waals surface area contributed by atoms with Crippen molar-refractivity contribution in [3.05, 3.63) is 12.3 Å². The molecule has 2 aliphatic heterocycles. The molecule has 82 valence electrons. The predicted octanol–water partition coefficient (Wildman–Crippen LogP) is 2.80. The van der Waals surface area contributed by atoms with Crippen molar-refractivity contribution < 1.29 is 4.74 Å². The van der Waals surface area contributed by atoms with E-state index in [9.17, 15) is 0 Å². The van der Waals surface area contributed by atoms with E-state index in [1.54, 1.807) is 6.26 Å². The SMILES string of the molecule is C1=COCC1.CCCCCN1CCC1. The van der Waals surface area contributed by atoms with Crippen molar-refractivity contribution in [1.29, 1.82) is 0 Å². The molecule has 0 saturated carbocycles. The molecule has 2 rings (SSSR count). The van der Waals surface area contributed by atoms with Gasteiger partial charge in [-0.1, -0.05) is 19.8 Å². The van der Waals surface area contributed by atoms with Crippen molar-refractivity contribution in [3.8, 4) is 0 Å². The van der Waals surface area contributed by atoms with E-state index in [-0.39, 0.29) is 0 Å². The highest BCUT2D eigenvalue weighted by Crippen LogP contribution is 2.07. The first kappa shape index (κ1) is 11.6. The molecule has 0 aromatic carbocycles. The first-order chi connectivity index (χ1) is 6.93. The number of ether oxygens (including phenoxy) is 1. The van der Waals surface area contributed by atoms with Crippen LogP contribution >= 0.6 is 0 Å². The lowest BCUT2D eigenvalue weighted by molar-refractivity contribution is 0.178. The summed E-state index contributed by atoms with van der Waals surface area (Å²) in [7, 11) is 0. The van der Waals surface area contributed by atoms with Gasteiger partial charge in [-0.25, -0.2) is 0 Å². The smallest absolute Gasteiger partial charge is 0.0908 e. The van der Waals surface area contributed by atoms with Crippen molar-refractivity contribution >= 4 is 0 Å². The standard InChI is InChI=1S/C8H17N.C4H6O/c1-2-3-4-6-9-7-5-8-9;1-2-4-5-3-1/h2-8H2,1H3;1,3H,2,4H2. The molecule has 0 bridgehead atoms. The molecule has 1 fully saturated rings. The maximum absolute atomic E-state index is 4.76. The zero-order chi connectivity index (χ0) is 10.1. The molecule has 1 saturated heterocycles. The van der Waals surface area contributed by atoms with Crippen LogP contribution in [0, 0.1) is 0 Å². The van der Waals surface area contributed by atoms with Crippen LogP contribution in [0.2, 0.25) is 0 Å². The van der Waals surface area contributed by atoms with Crippen LogP contribution in [0.3, 0.4) is 0 Å². The van der Waals surface area contributed by atoms with Crippen LogP contribution in [0.15, 0.2) is 12.3 Å². The van der Waals surface area contributed by atoms with Gasteiger partial charge in [0.1, 0.15) is 0 Å². The van der Waals surface area contributed by atoms with Crippen molar-refractivity contribution in [2.45, 2.75) is 39.0 Å². The van der Waals surface area contributed by atoms with E-state index in [1.165, 1.54) is 45.3 Å². The summed E-state index contributed by atoms with van der Waals surface area (Å²) in [5.41, 5.74) is 0. The van der Waals surface area contributed by atoms with Gasteiger partial charge in [0.15, 0.2) is 0 Å². The molecule has 2 heteroatoms. The van der Waals surface area contributed by atoms with Gasteiger partial charge in [-0.05, 0) is 38.6 Å². The zero-order valence-corrected chi connectivity index (χ0v) is 9.37. The van der Waals surface area contributed by atoms with Crippen molar-refractivity contribution in [1.82, 2.24) is 4.90 Å². The molecule has 0 aromatic heterocycles. The first-order valence-corrected chi connectivity index (χ1v) is 5.92. The second-order valence-electron chi connectivity index (χ2n) is 3.93. The Morgan fingerprint density at radius 2 is 2.14 bits per heavy atom. The molecule has 0 spiro atoms. The highest BCUT2D eigenvalue weighted by atomic mass is 16.5. The van der Waals surface area contributed by atoms with Gasteiger partial charge in [-0.2, -0.15) is 0 Å². The van der Waals surface area contributed by atoms with Crippen LogP contribution in [0.4, 0.5) is 0 Å². The molecule has 0 aromatic rings. The van der Waals surface area contributed by atoms with Crippen LogP contribution in [0.5, 0.6) is 0 Å². The fourth-order valence-corrected chi connectivity index (χ4v) is 1.53. The molecule has 0 atom stereocenters. The number of nitrogens with zero attached hydrogens (tertiary/aromatic N) is 1. The predicted molar refractivity (Wildman–Crippen MR) is 60.3 cm³/mol. The fourth-order valence-electron chi connectivity index (χ4n) is 1.53. The van der Waals surface area contributed by atoms with Gasteiger partial charge >= 0.3 is 0 Å². The maximum Gasteiger partial charge on any atom is 0.0908 e. The van der Waals surface area contributed by atoms with E-state index >= 15 is 0 Å². The third-order valence-electron chi connectivity index (χ3n) is 2.62. The Balaban J connectivity index is 0.000000165. The summed E-state index contributed by atoms with van der Waals surface area (Å²) < 4.78 is 4.76. The molecule has 0 unspecified atom stereocenters. The average molecular weight is 197 g/mol. The Morgan fingerprint density at radius 3 is 2.50 bits per heavy atom. The Kier molecular flexibility index (Phi) is 6.50. The molecular weight excluding hydrogens is 174 g/mol. The zero-order valence-electron chi connectivity index (χ0n) is 9.37. The third-order valence-corrected chi connectivity index (χ3v) is 2.62. The average Bonchev–Trinajstić information content (AvgIpc) is 2.67. The summed E-state index contributed by atoms with van der Waals surface area (Å²) in [6.45, 7) is 7.23. The molecule has 2 heterocycles. The van der Waals surface area contributed by atoms with Crippen LogP contribution in [-0.4, -0.2) is 31.1 Å². The Hall–Kier alpha value is -0.500. The summed E-state index contributed by atoms with van der Waals surface area (Å²) in [5.74, 6) is 0. The highest BCUT2D eigenvalue weighted by molar-refractivity contribution is 4.78. The molecule has 0 N–H and O–H groups in total. The molecule has 2 aliphatic rings. The van der Waals surface area contributed by atoms with Crippen LogP contribution in [0.1, 0.15) is 39.0 Å². The second kappa shape index (κ2) is 7.86. The third kappa shape index (κ3) is 5.28. The summed E-state index contributed by atoms with van der Waals surface area (Å²) in [6.07, 6.45) is 10.5. The van der Waals surface area contributed by atoms with Crippen LogP contribution < -0.4 is 0 Å². The van der Waals surface area contributed by atoms with Gasteiger partial charge in [-0.15, -0.1) is 0 Å². The summed E-state index contributed by atoms with van der Waals surface area (Å²) in [6, 6.07) is 0. The molecule has 14 heavy (non-hydrogen) atoms. The van der Waals surface area contributed by atoms with Crippen molar-refractivity contribution in [2.24, 2.45) is 0 Å². The molecule has 0 radical (unpaired) electrons. The molecule has 0 aliphatic carbocycles. The minimum Gasteiger partial charge on any atom is -0.501 e. The van der Waals surface area contributed by atoms with Gasteiger partial charge in [0, 0.05) is 6.42 Å². The molecular formula is C12H23NO. The van der Waals surface area contributed by atoms with Gasteiger partial charge in [0.25, 0.3) is 0 Å². The maximum atomic E-state index is 4.76. The molecule has 0 amide bonds. The lowest BCUT2D eigenvalue weighted by Gasteiger charge is -2.30. The summed E-state index contributed by atoms with van der Waals surface area (Å²) >= 11 is 0. The van der Waals surface area contributed by atoms with Gasteiger partial charge < -0.3 is 9.64 Å². The van der Waals surface area contributed by atoms with Crippen LogP contribution in [-0.2, 0) is 4.74 Å². The normalized spacial score (nSPS) is 19.5.